The van der Waals surface area contributed by atoms with E-state index in [4.69, 9.17) is 5.41 Å². The van der Waals surface area contributed by atoms with Gasteiger partial charge in [0.1, 0.15) is 0 Å². The third-order valence-corrected chi connectivity index (χ3v) is 1.36. The van der Waals surface area contributed by atoms with Gasteiger partial charge < -0.3 is 5.41 Å². The standard InChI is InChI=1S/C8H10N2/c1-2-8(9)7-4-3-5-10-6-7/h3-6,9H,2H2,1H3. The summed E-state index contributed by atoms with van der Waals surface area (Å²) in [5.41, 5.74) is 1.57. The molecule has 0 amide bonds. The molecule has 1 N–H and O–H groups in total. The highest BCUT2D eigenvalue weighted by atomic mass is 14.6. The van der Waals surface area contributed by atoms with Crippen molar-refractivity contribution in [3.8, 4) is 0 Å². The first kappa shape index (κ1) is 6.93. The molecule has 0 saturated heterocycles. The van der Waals surface area contributed by atoms with Gasteiger partial charge in [0.25, 0.3) is 0 Å². The molecule has 0 unspecified atom stereocenters. The molecule has 1 rings (SSSR count). The van der Waals surface area contributed by atoms with E-state index in [2.05, 4.69) is 4.98 Å². The van der Waals surface area contributed by atoms with Crippen LogP contribution < -0.4 is 0 Å². The van der Waals surface area contributed by atoms with Crippen molar-refractivity contribution in [3.05, 3.63) is 30.1 Å². The highest BCUT2D eigenvalue weighted by molar-refractivity contribution is 5.97. The van der Waals surface area contributed by atoms with Crippen molar-refractivity contribution in [2.45, 2.75) is 13.3 Å². The first-order valence-electron chi connectivity index (χ1n) is 3.32. The summed E-state index contributed by atoms with van der Waals surface area (Å²) in [5, 5.41) is 7.44. The van der Waals surface area contributed by atoms with E-state index in [1.807, 2.05) is 19.1 Å². The molecular weight excluding hydrogens is 124 g/mol. The minimum Gasteiger partial charge on any atom is -0.305 e. The van der Waals surface area contributed by atoms with Gasteiger partial charge in [0.15, 0.2) is 0 Å². The molecule has 0 saturated carbocycles. The topological polar surface area (TPSA) is 36.7 Å². The number of hydrogen-bond acceptors (Lipinski definition) is 2. The van der Waals surface area contributed by atoms with E-state index < -0.39 is 0 Å². The summed E-state index contributed by atoms with van der Waals surface area (Å²) in [6, 6.07) is 3.75. The van der Waals surface area contributed by atoms with Crippen LogP contribution in [0.1, 0.15) is 18.9 Å². The van der Waals surface area contributed by atoms with Gasteiger partial charge in [-0.1, -0.05) is 13.0 Å². The van der Waals surface area contributed by atoms with E-state index in [0.29, 0.717) is 5.71 Å². The zero-order valence-corrected chi connectivity index (χ0v) is 5.96. The Hall–Kier alpha value is -1.18. The fraction of sp³-hybridized carbons (Fsp3) is 0.250. The molecule has 0 fully saturated rings. The fourth-order valence-electron chi connectivity index (χ4n) is 0.745. The number of hydrogen-bond donors (Lipinski definition) is 1. The van der Waals surface area contributed by atoms with Crippen LogP contribution >= 0.6 is 0 Å². The highest BCUT2D eigenvalue weighted by Crippen LogP contribution is 1.98. The number of rotatable bonds is 2. The lowest BCUT2D eigenvalue weighted by atomic mass is 10.1. The second-order valence-electron chi connectivity index (χ2n) is 2.07. The molecule has 1 aromatic heterocycles. The summed E-state index contributed by atoms with van der Waals surface area (Å²) >= 11 is 0. The van der Waals surface area contributed by atoms with Gasteiger partial charge >= 0.3 is 0 Å². The average Bonchev–Trinajstić information content (AvgIpc) is 2.05. The second-order valence-corrected chi connectivity index (χ2v) is 2.07. The van der Waals surface area contributed by atoms with E-state index in [1.54, 1.807) is 12.4 Å². The van der Waals surface area contributed by atoms with Crippen molar-refractivity contribution in [1.29, 1.82) is 5.41 Å². The summed E-state index contributed by atoms with van der Waals surface area (Å²) in [7, 11) is 0. The Labute approximate surface area is 60.4 Å². The maximum absolute atomic E-state index is 7.44. The van der Waals surface area contributed by atoms with Crippen molar-refractivity contribution in [2.75, 3.05) is 0 Å². The van der Waals surface area contributed by atoms with Gasteiger partial charge in [0, 0.05) is 23.7 Å². The molecule has 1 heterocycles. The average molecular weight is 134 g/mol. The highest BCUT2D eigenvalue weighted by Gasteiger charge is 1.94. The van der Waals surface area contributed by atoms with Gasteiger partial charge in [0.2, 0.25) is 0 Å². The summed E-state index contributed by atoms with van der Waals surface area (Å²) in [5.74, 6) is 0. The van der Waals surface area contributed by atoms with E-state index in [1.165, 1.54) is 0 Å². The lowest BCUT2D eigenvalue weighted by Gasteiger charge is -1.96. The SMILES string of the molecule is CCC(=N)c1cccnc1. The molecule has 52 valence electrons. The number of aromatic nitrogens is 1. The third kappa shape index (κ3) is 1.41. The van der Waals surface area contributed by atoms with Crippen molar-refractivity contribution in [3.63, 3.8) is 0 Å². The Morgan fingerprint density at radius 1 is 1.70 bits per heavy atom. The molecule has 2 nitrogen and oxygen atoms in total. The van der Waals surface area contributed by atoms with Gasteiger partial charge in [-0.25, -0.2) is 0 Å². The predicted molar refractivity (Wildman–Crippen MR) is 41.4 cm³/mol. The van der Waals surface area contributed by atoms with Crippen LogP contribution in [0.15, 0.2) is 24.5 Å². The smallest absolute Gasteiger partial charge is 0.0398 e. The molecule has 0 radical (unpaired) electrons. The molecule has 2 heteroatoms. The Kier molecular flexibility index (Phi) is 2.15. The van der Waals surface area contributed by atoms with Gasteiger partial charge in [-0.3, -0.25) is 4.98 Å². The van der Waals surface area contributed by atoms with Crippen LogP contribution in [0.5, 0.6) is 0 Å². The Morgan fingerprint density at radius 2 is 2.50 bits per heavy atom. The van der Waals surface area contributed by atoms with Gasteiger partial charge in [-0.05, 0) is 12.5 Å². The molecule has 1 aromatic rings. The molecule has 0 aliphatic heterocycles. The first-order valence-corrected chi connectivity index (χ1v) is 3.32. The lowest BCUT2D eigenvalue weighted by Crippen LogP contribution is -1.95. The van der Waals surface area contributed by atoms with Crippen LogP contribution in [0.2, 0.25) is 0 Å². The van der Waals surface area contributed by atoms with Crippen LogP contribution in [0.25, 0.3) is 0 Å². The minimum absolute atomic E-state index is 0.646. The minimum atomic E-state index is 0.646. The van der Waals surface area contributed by atoms with E-state index in [9.17, 15) is 0 Å². The molecule has 0 aliphatic carbocycles. The van der Waals surface area contributed by atoms with Gasteiger partial charge in [-0.2, -0.15) is 0 Å². The zero-order valence-electron chi connectivity index (χ0n) is 5.96. The van der Waals surface area contributed by atoms with Crippen LogP contribution in [0.3, 0.4) is 0 Å². The maximum atomic E-state index is 7.44. The Bertz CT molecular complexity index is 216. The molecule has 0 spiro atoms. The maximum Gasteiger partial charge on any atom is 0.0398 e. The van der Waals surface area contributed by atoms with Crippen LogP contribution in [0.4, 0.5) is 0 Å². The summed E-state index contributed by atoms with van der Waals surface area (Å²) in [6.45, 7) is 1.97. The first-order chi connectivity index (χ1) is 4.84. The van der Waals surface area contributed by atoms with Crippen molar-refractivity contribution in [2.24, 2.45) is 0 Å². The molecule has 10 heavy (non-hydrogen) atoms. The summed E-state index contributed by atoms with van der Waals surface area (Å²) in [6.07, 6.45) is 4.20. The zero-order chi connectivity index (χ0) is 7.40. The van der Waals surface area contributed by atoms with E-state index in [0.717, 1.165) is 12.0 Å². The van der Waals surface area contributed by atoms with Gasteiger partial charge in [0.05, 0.1) is 0 Å². The summed E-state index contributed by atoms with van der Waals surface area (Å²) < 4.78 is 0. The van der Waals surface area contributed by atoms with Crippen molar-refractivity contribution < 1.29 is 0 Å². The lowest BCUT2D eigenvalue weighted by molar-refractivity contribution is 1.22. The monoisotopic (exact) mass is 134 g/mol. The predicted octanol–water partition coefficient (Wildman–Crippen LogP) is 1.86. The second kappa shape index (κ2) is 3.11. The van der Waals surface area contributed by atoms with E-state index >= 15 is 0 Å². The van der Waals surface area contributed by atoms with Crippen LogP contribution in [-0.2, 0) is 0 Å². The third-order valence-electron chi connectivity index (χ3n) is 1.36. The Morgan fingerprint density at radius 3 is 3.00 bits per heavy atom. The molecule has 0 aromatic carbocycles. The van der Waals surface area contributed by atoms with E-state index in [-0.39, 0.29) is 0 Å². The van der Waals surface area contributed by atoms with Crippen molar-refractivity contribution >= 4 is 5.71 Å². The summed E-state index contributed by atoms with van der Waals surface area (Å²) in [4.78, 5) is 3.91. The molecule has 0 atom stereocenters. The fourth-order valence-corrected chi connectivity index (χ4v) is 0.745. The largest absolute Gasteiger partial charge is 0.305 e. The van der Waals surface area contributed by atoms with Crippen molar-refractivity contribution in [1.82, 2.24) is 4.98 Å². The quantitative estimate of drug-likeness (QED) is 0.616. The van der Waals surface area contributed by atoms with Crippen LogP contribution in [-0.4, -0.2) is 10.7 Å². The van der Waals surface area contributed by atoms with Gasteiger partial charge in [-0.15, -0.1) is 0 Å². The normalized spacial score (nSPS) is 9.30. The molecular formula is C8H10N2. The number of pyridine rings is 1. The Balaban J connectivity index is 2.85. The number of nitrogens with zero attached hydrogens (tertiary/aromatic N) is 1. The number of nitrogens with one attached hydrogen (secondary N) is 1. The molecule has 0 bridgehead atoms. The molecule has 0 aliphatic rings. The van der Waals surface area contributed by atoms with Crippen LogP contribution in [0, 0.1) is 5.41 Å².